The maximum absolute atomic E-state index is 13.4. The molecular formula is C22H34FNS. The lowest BCUT2D eigenvalue weighted by Crippen LogP contribution is -2.30. The molecule has 1 nitrogen and oxygen atoms in total. The first-order valence-electron chi connectivity index (χ1n) is 10.4. The van der Waals surface area contributed by atoms with Crippen LogP contribution in [-0.4, -0.2) is 5.37 Å². The van der Waals surface area contributed by atoms with E-state index in [1.54, 1.807) is 12.1 Å². The molecule has 1 aromatic carbocycles. The van der Waals surface area contributed by atoms with Crippen LogP contribution < -0.4 is 5.32 Å². The summed E-state index contributed by atoms with van der Waals surface area (Å²) in [6, 6.07) is 5.14. The Labute approximate surface area is 157 Å². The average molecular weight is 364 g/mol. The summed E-state index contributed by atoms with van der Waals surface area (Å²) in [6.45, 7) is 6.41. The molecule has 2 fully saturated rings. The van der Waals surface area contributed by atoms with Gasteiger partial charge in [0.15, 0.2) is 0 Å². The van der Waals surface area contributed by atoms with Crippen LogP contribution in [0.25, 0.3) is 0 Å². The zero-order valence-electron chi connectivity index (χ0n) is 16.1. The van der Waals surface area contributed by atoms with E-state index in [4.69, 9.17) is 0 Å². The van der Waals surface area contributed by atoms with Crippen LogP contribution in [0.15, 0.2) is 23.1 Å². The van der Waals surface area contributed by atoms with Gasteiger partial charge in [-0.1, -0.05) is 45.4 Å². The number of halogens is 1. The number of thioether (sulfide) groups is 1. The largest absolute Gasteiger partial charge is 0.372 e. The fraction of sp³-hybridized carbons (Fsp3) is 0.727. The van der Waals surface area contributed by atoms with E-state index in [2.05, 4.69) is 12.2 Å². The van der Waals surface area contributed by atoms with E-state index in [1.165, 1.54) is 51.4 Å². The maximum atomic E-state index is 13.4. The Kier molecular flexibility index (Phi) is 6.71. The highest BCUT2D eigenvalue weighted by atomic mass is 32.2. The van der Waals surface area contributed by atoms with Gasteiger partial charge in [-0.2, -0.15) is 0 Å². The number of hydrogen-bond donors (Lipinski definition) is 1. The molecule has 0 bridgehead atoms. The Morgan fingerprint density at radius 1 is 0.880 bits per heavy atom. The minimum absolute atomic E-state index is 0.117. The van der Waals surface area contributed by atoms with E-state index < -0.39 is 0 Å². The van der Waals surface area contributed by atoms with Crippen molar-refractivity contribution < 1.29 is 4.39 Å². The Bertz CT molecular complexity index is 545. The van der Waals surface area contributed by atoms with E-state index in [9.17, 15) is 4.39 Å². The molecule has 2 aliphatic carbocycles. The van der Waals surface area contributed by atoms with Crippen molar-refractivity contribution in [2.45, 2.75) is 82.4 Å². The van der Waals surface area contributed by atoms with Gasteiger partial charge >= 0.3 is 0 Å². The third-order valence-electron chi connectivity index (χ3n) is 6.47. The normalized spacial score (nSPS) is 34.5. The summed E-state index contributed by atoms with van der Waals surface area (Å²) in [7, 11) is 0. The number of hydrogen-bond acceptors (Lipinski definition) is 2. The van der Waals surface area contributed by atoms with Crippen molar-refractivity contribution in [1.82, 2.24) is 0 Å². The number of rotatable bonds is 2. The number of benzene rings is 1. The van der Waals surface area contributed by atoms with Gasteiger partial charge in [0.1, 0.15) is 5.82 Å². The summed E-state index contributed by atoms with van der Waals surface area (Å²) in [5.41, 5.74) is 1.13. The molecule has 1 N–H and O–H groups in total. The zero-order chi connectivity index (χ0) is 17.8. The van der Waals surface area contributed by atoms with Gasteiger partial charge in [-0.05, 0) is 80.4 Å². The van der Waals surface area contributed by atoms with Gasteiger partial charge in [0.2, 0.25) is 0 Å². The Morgan fingerprint density at radius 2 is 1.44 bits per heavy atom. The molecule has 3 aliphatic rings. The van der Waals surface area contributed by atoms with Crippen molar-refractivity contribution in [2.24, 2.45) is 23.7 Å². The Morgan fingerprint density at radius 3 is 2.08 bits per heavy atom. The third-order valence-corrected chi connectivity index (χ3v) is 7.82. The van der Waals surface area contributed by atoms with Crippen LogP contribution in [0.2, 0.25) is 0 Å². The molecule has 0 aromatic heterocycles. The van der Waals surface area contributed by atoms with Gasteiger partial charge in [0.05, 0.1) is 5.37 Å². The molecule has 0 amide bonds. The quantitative estimate of drug-likeness (QED) is 0.590. The van der Waals surface area contributed by atoms with Gasteiger partial charge in [0, 0.05) is 10.6 Å². The summed E-state index contributed by atoms with van der Waals surface area (Å²) >= 11 is 1.84. The van der Waals surface area contributed by atoms with Crippen molar-refractivity contribution in [2.75, 3.05) is 5.32 Å². The zero-order valence-corrected chi connectivity index (χ0v) is 16.9. The first kappa shape index (κ1) is 19.1. The summed E-state index contributed by atoms with van der Waals surface area (Å²) < 4.78 is 13.4. The average Bonchev–Trinajstić information content (AvgIpc) is 3.07. The lowest BCUT2D eigenvalue weighted by Gasteiger charge is -2.38. The van der Waals surface area contributed by atoms with E-state index in [-0.39, 0.29) is 5.82 Å². The van der Waals surface area contributed by atoms with Crippen molar-refractivity contribution >= 4 is 17.4 Å². The van der Waals surface area contributed by atoms with E-state index in [1.807, 2.05) is 31.7 Å². The molecular weight excluding hydrogens is 329 g/mol. The summed E-state index contributed by atoms with van der Waals surface area (Å²) in [6.07, 6.45) is 11.3. The summed E-state index contributed by atoms with van der Waals surface area (Å²) in [4.78, 5) is 1.10. The molecule has 0 saturated heterocycles. The number of nitrogens with one attached hydrogen (secondary N) is 1. The minimum atomic E-state index is -0.117. The Balaban J connectivity index is 0.000000880. The predicted molar refractivity (Wildman–Crippen MR) is 108 cm³/mol. The molecule has 1 aliphatic heterocycles. The Hall–Kier alpha value is -0.700. The van der Waals surface area contributed by atoms with Gasteiger partial charge in [-0.15, -0.1) is 0 Å². The van der Waals surface area contributed by atoms with Crippen molar-refractivity contribution in [3.63, 3.8) is 0 Å². The van der Waals surface area contributed by atoms with Crippen LogP contribution in [0, 0.1) is 29.5 Å². The lowest BCUT2D eigenvalue weighted by atomic mass is 9.69. The topological polar surface area (TPSA) is 12.0 Å². The van der Waals surface area contributed by atoms with Gasteiger partial charge in [-0.25, -0.2) is 4.39 Å². The molecule has 1 aromatic rings. The van der Waals surface area contributed by atoms with Crippen LogP contribution in [0.1, 0.15) is 72.1 Å². The van der Waals surface area contributed by atoms with Gasteiger partial charge < -0.3 is 5.32 Å². The van der Waals surface area contributed by atoms with E-state index in [0.717, 1.165) is 34.3 Å². The maximum Gasteiger partial charge on any atom is 0.124 e. The first-order valence-corrected chi connectivity index (χ1v) is 11.3. The molecule has 1 atom stereocenters. The second-order valence-electron chi connectivity index (χ2n) is 8.02. The first-order chi connectivity index (χ1) is 12.2. The summed E-state index contributed by atoms with van der Waals surface area (Å²) in [5.74, 6) is 3.57. The third kappa shape index (κ3) is 4.53. The smallest absolute Gasteiger partial charge is 0.124 e. The van der Waals surface area contributed by atoms with Crippen LogP contribution in [-0.2, 0) is 0 Å². The van der Waals surface area contributed by atoms with Crippen LogP contribution in [0.3, 0.4) is 0 Å². The van der Waals surface area contributed by atoms with E-state index in [0.29, 0.717) is 5.37 Å². The van der Waals surface area contributed by atoms with Crippen molar-refractivity contribution in [3.8, 4) is 0 Å². The van der Waals surface area contributed by atoms with Crippen molar-refractivity contribution in [1.29, 1.82) is 0 Å². The molecule has 0 spiro atoms. The SMILES string of the molecule is CC.CC1CCC(C2CCC(C3Nc4ccc(F)cc4S3)CC2)CC1. The molecule has 140 valence electrons. The van der Waals surface area contributed by atoms with Gasteiger partial charge in [-0.3, -0.25) is 0 Å². The van der Waals surface area contributed by atoms with Crippen LogP contribution >= 0.6 is 11.8 Å². The molecule has 2 saturated carbocycles. The molecule has 3 heteroatoms. The second kappa shape index (κ2) is 8.79. The van der Waals surface area contributed by atoms with Gasteiger partial charge in [0.25, 0.3) is 0 Å². The van der Waals surface area contributed by atoms with Crippen LogP contribution in [0.4, 0.5) is 10.1 Å². The second-order valence-corrected chi connectivity index (χ2v) is 9.20. The molecule has 0 radical (unpaired) electrons. The molecule has 25 heavy (non-hydrogen) atoms. The predicted octanol–water partition coefficient (Wildman–Crippen LogP) is 7.33. The van der Waals surface area contributed by atoms with Crippen molar-refractivity contribution in [3.05, 3.63) is 24.0 Å². The number of fused-ring (bicyclic) bond motifs is 1. The fourth-order valence-electron chi connectivity index (χ4n) is 4.92. The monoisotopic (exact) mass is 363 g/mol. The highest BCUT2D eigenvalue weighted by molar-refractivity contribution is 8.00. The summed E-state index contributed by atoms with van der Waals surface area (Å²) in [5, 5.41) is 4.09. The molecule has 1 unspecified atom stereocenters. The standard InChI is InChI=1S/C20H28FNS.C2H6/c1-13-2-4-14(5-3-13)15-6-8-16(9-7-15)20-22-18-11-10-17(21)12-19(18)23-20;1-2/h10-16,20,22H,2-9H2,1H3;1-2H3. The lowest BCUT2D eigenvalue weighted by molar-refractivity contribution is 0.151. The highest BCUT2D eigenvalue weighted by Gasteiger charge is 2.35. The molecule has 1 heterocycles. The highest BCUT2D eigenvalue weighted by Crippen LogP contribution is 2.48. The molecule has 4 rings (SSSR count). The minimum Gasteiger partial charge on any atom is -0.372 e. The van der Waals surface area contributed by atoms with E-state index >= 15 is 0 Å². The fourth-order valence-corrected chi connectivity index (χ4v) is 6.28. The number of anilines is 1. The van der Waals surface area contributed by atoms with Crippen LogP contribution in [0.5, 0.6) is 0 Å².